The van der Waals surface area contributed by atoms with E-state index in [1.54, 1.807) is 25.6 Å². The molecule has 1 aromatic heterocycles. The summed E-state index contributed by atoms with van der Waals surface area (Å²) >= 11 is 0. The molecule has 1 amide bonds. The van der Waals surface area contributed by atoms with Gasteiger partial charge in [0, 0.05) is 50.5 Å². The van der Waals surface area contributed by atoms with Gasteiger partial charge in [0.1, 0.15) is 5.75 Å². The fourth-order valence-corrected chi connectivity index (χ4v) is 3.31. The lowest BCUT2D eigenvalue weighted by atomic mass is 9.74. The summed E-state index contributed by atoms with van der Waals surface area (Å²) in [5.41, 5.74) is 1.11. The van der Waals surface area contributed by atoms with Gasteiger partial charge in [-0.25, -0.2) is 9.97 Å². The summed E-state index contributed by atoms with van der Waals surface area (Å²) in [4.78, 5) is 20.5. The Balaban J connectivity index is 1.55. The number of carbonyl (C=O) groups is 1. The van der Waals surface area contributed by atoms with E-state index in [0.717, 1.165) is 18.6 Å². The van der Waals surface area contributed by atoms with Crippen LogP contribution in [0.4, 0.5) is 5.95 Å². The van der Waals surface area contributed by atoms with Crippen LogP contribution in [-0.2, 0) is 14.9 Å². The second-order valence-electron chi connectivity index (χ2n) is 6.65. The van der Waals surface area contributed by atoms with Crippen LogP contribution in [0.1, 0.15) is 24.8 Å². The molecule has 0 aliphatic carbocycles. The second kappa shape index (κ2) is 9.32. The van der Waals surface area contributed by atoms with Gasteiger partial charge < -0.3 is 20.1 Å². The van der Waals surface area contributed by atoms with Crippen molar-refractivity contribution < 1.29 is 14.3 Å². The number of amides is 1. The third-order valence-electron chi connectivity index (χ3n) is 4.98. The number of methoxy groups -OCH3 is 1. The van der Waals surface area contributed by atoms with Crippen LogP contribution in [-0.4, -0.2) is 49.3 Å². The molecular formula is C20H26N4O3. The molecule has 0 bridgehead atoms. The van der Waals surface area contributed by atoms with Crippen LogP contribution in [0.5, 0.6) is 5.75 Å². The molecule has 1 aromatic carbocycles. The zero-order valence-corrected chi connectivity index (χ0v) is 15.6. The Morgan fingerprint density at radius 3 is 2.56 bits per heavy atom. The van der Waals surface area contributed by atoms with Crippen LogP contribution in [0.15, 0.2) is 42.7 Å². The van der Waals surface area contributed by atoms with E-state index in [1.807, 2.05) is 12.1 Å². The minimum Gasteiger partial charge on any atom is -0.497 e. The fourth-order valence-electron chi connectivity index (χ4n) is 3.31. The summed E-state index contributed by atoms with van der Waals surface area (Å²) in [6, 6.07) is 9.87. The van der Waals surface area contributed by atoms with Gasteiger partial charge in [-0.15, -0.1) is 0 Å². The highest BCUT2D eigenvalue weighted by Crippen LogP contribution is 2.35. The number of hydrogen-bond acceptors (Lipinski definition) is 6. The Morgan fingerprint density at radius 2 is 1.89 bits per heavy atom. The van der Waals surface area contributed by atoms with Crippen molar-refractivity contribution in [2.45, 2.75) is 24.7 Å². The largest absolute Gasteiger partial charge is 0.497 e. The van der Waals surface area contributed by atoms with Gasteiger partial charge in [-0.3, -0.25) is 4.79 Å². The lowest BCUT2D eigenvalue weighted by Gasteiger charge is -2.38. The highest BCUT2D eigenvalue weighted by atomic mass is 16.5. The van der Waals surface area contributed by atoms with Gasteiger partial charge in [-0.1, -0.05) is 12.1 Å². The molecular weight excluding hydrogens is 344 g/mol. The van der Waals surface area contributed by atoms with E-state index < -0.39 is 0 Å². The van der Waals surface area contributed by atoms with Crippen LogP contribution in [0.25, 0.3) is 0 Å². The first-order valence-corrected chi connectivity index (χ1v) is 9.22. The van der Waals surface area contributed by atoms with Crippen molar-refractivity contribution >= 4 is 11.9 Å². The Kier molecular flexibility index (Phi) is 6.59. The van der Waals surface area contributed by atoms with E-state index in [4.69, 9.17) is 9.47 Å². The molecule has 0 unspecified atom stereocenters. The molecule has 7 nitrogen and oxygen atoms in total. The maximum absolute atomic E-state index is 12.3. The van der Waals surface area contributed by atoms with Crippen LogP contribution in [0, 0.1) is 0 Å². The Bertz CT molecular complexity index is 716. The molecule has 0 saturated carbocycles. The number of ether oxygens (including phenoxy) is 2. The van der Waals surface area contributed by atoms with Crippen molar-refractivity contribution in [3.05, 3.63) is 48.3 Å². The summed E-state index contributed by atoms with van der Waals surface area (Å²) in [5, 5.41) is 6.15. The number of anilines is 1. The van der Waals surface area contributed by atoms with E-state index in [0.29, 0.717) is 38.7 Å². The van der Waals surface area contributed by atoms with Crippen molar-refractivity contribution in [3.8, 4) is 5.75 Å². The summed E-state index contributed by atoms with van der Waals surface area (Å²) in [6.45, 7) is 2.50. The van der Waals surface area contributed by atoms with Crippen molar-refractivity contribution in [2.75, 3.05) is 38.7 Å². The summed E-state index contributed by atoms with van der Waals surface area (Å²) < 4.78 is 10.8. The monoisotopic (exact) mass is 370 g/mol. The third kappa shape index (κ3) is 5.17. The number of hydrogen-bond donors (Lipinski definition) is 2. The van der Waals surface area contributed by atoms with Crippen LogP contribution < -0.4 is 15.4 Å². The standard InChI is InChI=1S/C20H26N4O3/c1-26-17-5-3-16(4-6-17)20(8-13-27-14-9-20)15-24-18(25)7-12-23-19-21-10-2-11-22-19/h2-6,10-11H,7-9,12-15H2,1H3,(H,24,25)(H,21,22,23). The molecule has 1 fully saturated rings. The Labute approximate surface area is 159 Å². The molecule has 0 radical (unpaired) electrons. The lowest BCUT2D eigenvalue weighted by molar-refractivity contribution is -0.121. The van der Waals surface area contributed by atoms with E-state index in [1.165, 1.54) is 5.56 Å². The first kappa shape index (κ1) is 19.1. The molecule has 1 saturated heterocycles. The van der Waals surface area contributed by atoms with Gasteiger partial charge in [0.2, 0.25) is 11.9 Å². The number of aromatic nitrogens is 2. The summed E-state index contributed by atoms with van der Waals surface area (Å²) in [6.07, 6.45) is 5.47. The minimum atomic E-state index is -0.101. The predicted molar refractivity (Wildman–Crippen MR) is 103 cm³/mol. The molecule has 2 aromatic rings. The first-order valence-electron chi connectivity index (χ1n) is 9.22. The maximum Gasteiger partial charge on any atom is 0.222 e. The van der Waals surface area contributed by atoms with Crippen LogP contribution >= 0.6 is 0 Å². The van der Waals surface area contributed by atoms with Crippen molar-refractivity contribution in [2.24, 2.45) is 0 Å². The molecule has 1 aliphatic rings. The van der Waals surface area contributed by atoms with Crippen molar-refractivity contribution in [3.63, 3.8) is 0 Å². The maximum atomic E-state index is 12.3. The molecule has 0 spiro atoms. The number of nitrogens with zero attached hydrogens (tertiary/aromatic N) is 2. The lowest BCUT2D eigenvalue weighted by Crippen LogP contribution is -2.44. The van der Waals surface area contributed by atoms with E-state index in [2.05, 4.69) is 32.7 Å². The van der Waals surface area contributed by atoms with E-state index in [-0.39, 0.29) is 11.3 Å². The van der Waals surface area contributed by atoms with Crippen LogP contribution in [0.2, 0.25) is 0 Å². The Morgan fingerprint density at radius 1 is 1.19 bits per heavy atom. The minimum absolute atomic E-state index is 0.0119. The average Bonchev–Trinajstić information content (AvgIpc) is 2.74. The SMILES string of the molecule is COc1ccc(C2(CNC(=O)CCNc3ncccn3)CCOCC2)cc1. The molecule has 27 heavy (non-hydrogen) atoms. The summed E-state index contributed by atoms with van der Waals surface area (Å²) in [5.74, 6) is 1.38. The zero-order valence-electron chi connectivity index (χ0n) is 15.6. The van der Waals surface area contributed by atoms with Gasteiger partial charge >= 0.3 is 0 Å². The normalized spacial score (nSPS) is 15.7. The van der Waals surface area contributed by atoms with Gasteiger partial charge in [-0.2, -0.15) is 0 Å². The molecule has 144 valence electrons. The number of rotatable bonds is 8. The molecule has 1 aliphatic heterocycles. The molecule has 2 heterocycles. The highest BCUT2D eigenvalue weighted by molar-refractivity contribution is 5.76. The van der Waals surface area contributed by atoms with E-state index in [9.17, 15) is 4.79 Å². The quantitative estimate of drug-likeness (QED) is 0.741. The second-order valence-corrected chi connectivity index (χ2v) is 6.65. The van der Waals surface area contributed by atoms with Gasteiger partial charge in [0.25, 0.3) is 0 Å². The van der Waals surface area contributed by atoms with Gasteiger partial charge in [-0.05, 0) is 36.6 Å². The highest BCUT2D eigenvalue weighted by Gasteiger charge is 2.34. The summed E-state index contributed by atoms with van der Waals surface area (Å²) in [7, 11) is 1.66. The molecule has 7 heteroatoms. The first-order chi connectivity index (χ1) is 13.2. The van der Waals surface area contributed by atoms with Crippen molar-refractivity contribution in [1.82, 2.24) is 15.3 Å². The fraction of sp³-hybridized carbons (Fsp3) is 0.450. The van der Waals surface area contributed by atoms with Gasteiger partial charge in [0.15, 0.2) is 0 Å². The molecule has 0 atom stereocenters. The molecule has 2 N–H and O–H groups in total. The zero-order chi connectivity index (χ0) is 19.0. The van der Waals surface area contributed by atoms with Crippen molar-refractivity contribution in [1.29, 1.82) is 0 Å². The molecule has 3 rings (SSSR count). The number of nitrogens with one attached hydrogen (secondary N) is 2. The van der Waals surface area contributed by atoms with E-state index >= 15 is 0 Å². The number of carbonyl (C=O) groups excluding carboxylic acids is 1. The average molecular weight is 370 g/mol. The Hall–Kier alpha value is -2.67. The smallest absolute Gasteiger partial charge is 0.222 e. The predicted octanol–water partition coefficient (Wildman–Crippen LogP) is 2.15. The topological polar surface area (TPSA) is 85.4 Å². The third-order valence-corrected chi connectivity index (χ3v) is 4.98. The van der Waals surface area contributed by atoms with Crippen LogP contribution in [0.3, 0.4) is 0 Å². The van der Waals surface area contributed by atoms with Gasteiger partial charge in [0.05, 0.1) is 7.11 Å². The number of benzene rings is 1.